The van der Waals surface area contributed by atoms with Crippen LogP contribution in [0.1, 0.15) is 63.9 Å². The Morgan fingerprint density at radius 1 is 0.556 bits per heavy atom. The third-order valence-electron chi connectivity index (χ3n) is 8.13. The van der Waals surface area contributed by atoms with Crippen LogP contribution in [0.4, 0.5) is 0 Å². The zero-order valence-electron chi connectivity index (χ0n) is 27.4. The lowest BCUT2D eigenvalue weighted by molar-refractivity contribution is 0.569. The number of hydrogen-bond donors (Lipinski definition) is 0. The van der Waals surface area contributed by atoms with Crippen LogP contribution in [-0.2, 0) is 10.8 Å². The molecule has 0 bridgehead atoms. The number of rotatable bonds is 5. The molecule has 0 unspecified atom stereocenters. The van der Waals surface area contributed by atoms with E-state index in [0.29, 0.717) is 17.5 Å². The van der Waals surface area contributed by atoms with Gasteiger partial charge in [-0.3, -0.25) is 9.55 Å². The van der Waals surface area contributed by atoms with E-state index in [0.717, 1.165) is 39.5 Å². The van der Waals surface area contributed by atoms with Gasteiger partial charge in [-0.2, -0.15) is 0 Å². The molecule has 3 aromatic heterocycles. The van der Waals surface area contributed by atoms with E-state index in [1.54, 1.807) is 0 Å². The standard InChI is InChI=1S/C39H40N6/c1-25-11-9-12-26(2)33(25)45-22-21-40-37(45)29-14-10-13-28(23-29)35-42-34(27-15-18-31(19-16-27)38(3,4)5)43-36(44-35)30-17-20-32(41-24-30)39(6,7)8/h9-24H,1-8H3. The van der Waals surface area contributed by atoms with Crippen LogP contribution >= 0.6 is 0 Å². The molecule has 0 saturated heterocycles. The summed E-state index contributed by atoms with van der Waals surface area (Å²) in [5.41, 5.74) is 9.47. The average Bonchev–Trinajstić information content (AvgIpc) is 3.50. The Morgan fingerprint density at radius 2 is 1.13 bits per heavy atom. The van der Waals surface area contributed by atoms with Crippen molar-refractivity contribution in [2.45, 2.75) is 66.2 Å². The molecule has 3 heterocycles. The van der Waals surface area contributed by atoms with Gasteiger partial charge >= 0.3 is 0 Å². The Hall–Kier alpha value is -4.97. The molecule has 0 amide bonds. The molecule has 0 spiro atoms. The Morgan fingerprint density at radius 3 is 1.73 bits per heavy atom. The number of aromatic nitrogens is 6. The summed E-state index contributed by atoms with van der Waals surface area (Å²) in [4.78, 5) is 24.5. The minimum Gasteiger partial charge on any atom is -0.299 e. The Balaban J connectivity index is 1.47. The summed E-state index contributed by atoms with van der Waals surface area (Å²) in [5, 5.41) is 0. The fraction of sp³-hybridized carbons (Fsp3) is 0.256. The van der Waals surface area contributed by atoms with Crippen molar-refractivity contribution in [1.29, 1.82) is 0 Å². The van der Waals surface area contributed by atoms with Gasteiger partial charge in [-0.25, -0.2) is 19.9 Å². The van der Waals surface area contributed by atoms with Crippen molar-refractivity contribution in [3.05, 3.63) is 120 Å². The second-order valence-corrected chi connectivity index (χ2v) is 13.8. The molecular formula is C39H40N6. The van der Waals surface area contributed by atoms with Gasteiger partial charge in [0.1, 0.15) is 5.82 Å². The summed E-state index contributed by atoms with van der Waals surface area (Å²) >= 11 is 0. The summed E-state index contributed by atoms with van der Waals surface area (Å²) in [6, 6.07) is 27.3. The largest absolute Gasteiger partial charge is 0.299 e. The second-order valence-electron chi connectivity index (χ2n) is 13.8. The molecule has 6 nitrogen and oxygen atoms in total. The molecular weight excluding hydrogens is 552 g/mol. The van der Waals surface area contributed by atoms with E-state index < -0.39 is 0 Å². The summed E-state index contributed by atoms with van der Waals surface area (Å²) in [6.45, 7) is 17.4. The predicted molar refractivity (Wildman–Crippen MR) is 183 cm³/mol. The smallest absolute Gasteiger partial charge is 0.165 e. The number of para-hydroxylation sites is 1. The molecule has 0 aliphatic heterocycles. The van der Waals surface area contributed by atoms with Crippen molar-refractivity contribution < 1.29 is 0 Å². The molecule has 0 radical (unpaired) electrons. The lowest BCUT2D eigenvalue weighted by Crippen LogP contribution is -2.13. The first-order valence-electron chi connectivity index (χ1n) is 15.4. The van der Waals surface area contributed by atoms with Gasteiger partial charge in [-0.15, -0.1) is 0 Å². The number of imidazole rings is 1. The highest BCUT2D eigenvalue weighted by Gasteiger charge is 2.19. The number of hydrogen-bond acceptors (Lipinski definition) is 5. The third kappa shape index (κ3) is 6.18. The monoisotopic (exact) mass is 592 g/mol. The fourth-order valence-electron chi connectivity index (χ4n) is 5.53. The lowest BCUT2D eigenvalue weighted by atomic mass is 9.87. The molecule has 0 fully saturated rings. The van der Waals surface area contributed by atoms with Crippen molar-refractivity contribution in [2.24, 2.45) is 0 Å². The third-order valence-corrected chi connectivity index (χ3v) is 8.13. The maximum atomic E-state index is 5.01. The van der Waals surface area contributed by atoms with E-state index in [4.69, 9.17) is 24.9 Å². The molecule has 6 heteroatoms. The molecule has 0 aliphatic carbocycles. The molecule has 6 rings (SSSR count). The quantitative estimate of drug-likeness (QED) is 0.199. The highest BCUT2D eigenvalue weighted by atomic mass is 15.1. The first-order chi connectivity index (χ1) is 21.4. The average molecular weight is 593 g/mol. The van der Waals surface area contributed by atoms with Crippen LogP contribution in [-0.4, -0.2) is 29.5 Å². The summed E-state index contributed by atoms with van der Waals surface area (Å²) in [6.07, 6.45) is 5.73. The molecule has 0 saturated carbocycles. The van der Waals surface area contributed by atoms with Crippen LogP contribution in [0.25, 0.3) is 51.2 Å². The lowest BCUT2D eigenvalue weighted by Gasteiger charge is -2.19. The van der Waals surface area contributed by atoms with Crippen LogP contribution in [0.15, 0.2) is 97.5 Å². The van der Waals surface area contributed by atoms with Gasteiger partial charge < -0.3 is 0 Å². The Bertz CT molecular complexity index is 1880. The maximum Gasteiger partial charge on any atom is 0.165 e. The van der Waals surface area contributed by atoms with E-state index in [9.17, 15) is 0 Å². The van der Waals surface area contributed by atoms with Gasteiger partial charge in [0.05, 0.1) is 5.69 Å². The van der Waals surface area contributed by atoms with Crippen molar-refractivity contribution in [3.8, 4) is 51.2 Å². The second kappa shape index (κ2) is 11.5. The van der Waals surface area contributed by atoms with Gasteiger partial charge in [0.15, 0.2) is 17.5 Å². The van der Waals surface area contributed by atoms with Crippen molar-refractivity contribution >= 4 is 0 Å². The Labute approximate surface area is 266 Å². The van der Waals surface area contributed by atoms with E-state index in [1.807, 2.05) is 30.7 Å². The molecule has 0 aliphatic rings. The first-order valence-corrected chi connectivity index (χ1v) is 15.4. The zero-order valence-corrected chi connectivity index (χ0v) is 27.4. The van der Waals surface area contributed by atoms with Crippen LogP contribution in [0.2, 0.25) is 0 Å². The fourth-order valence-corrected chi connectivity index (χ4v) is 5.53. The predicted octanol–water partition coefficient (Wildman–Crippen LogP) is 9.33. The minimum absolute atomic E-state index is 0.0499. The summed E-state index contributed by atoms with van der Waals surface area (Å²) in [5.74, 6) is 2.67. The normalized spacial score (nSPS) is 12.0. The summed E-state index contributed by atoms with van der Waals surface area (Å²) < 4.78 is 2.16. The van der Waals surface area contributed by atoms with Crippen LogP contribution in [0, 0.1) is 13.8 Å². The highest BCUT2D eigenvalue weighted by Crippen LogP contribution is 2.31. The van der Waals surface area contributed by atoms with Gasteiger partial charge in [0.25, 0.3) is 0 Å². The number of nitrogens with zero attached hydrogens (tertiary/aromatic N) is 6. The topological polar surface area (TPSA) is 69.4 Å². The number of aryl methyl sites for hydroxylation is 2. The van der Waals surface area contributed by atoms with Crippen LogP contribution in [0.5, 0.6) is 0 Å². The van der Waals surface area contributed by atoms with E-state index in [2.05, 4.69) is 127 Å². The highest BCUT2D eigenvalue weighted by molar-refractivity contribution is 5.71. The van der Waals surface area contributed by atoms with Crippen molar-refractivity contribution in [3.63, 3.8) is 0 Å². The maximum absolute atomic E-state index is 5.01. The zero-order chi connectivity index (χ0) is 31.9. The molecule has 0 atom stereocenters. The van der Waals surface area contributed by atoms with Crippen molar-refractivity contribution in [2.75, 3.05) is 0 Å². The number of benzene rings is 3. The SMILES string of the molecule is Cc1cccc(C)c1-n1ccnc1-c1cccc(-c2nc(-c3ccc(C(C)(C)C)cc3)nc(-c3ccc(C(C)(C)C)nc3)n2)c1. The molecule has 226 valence electrons. The first kappa shape index (κ1) is 30.1. The van der Waals surface area contributed by atoms with Gasteiger partial charge in [-0.05, 0) is 54.2 Å². The Kier molecular flexibility index (Phi) is 7.69. The van der Waals surface area contributed by atoms with Crippen LogP contribution in [0.3, 0.4) is 0 Å². The molecule has 6 aromatic rings. The summed E-state index contributed by atoms with van der Waals surface area (Å²) in [7, 11) is 0. The van der Waals surface area contributed by atoms with Gasteiger partial charge in [0.2, 0.25) is 0 Å². The minimum atomic E-state index is -0.0499. The van der Waals surface area contributed by atoms with Gasteiger partial charge in [0, 0.05) is 52.0 Å². The number of pyridine rings is 1. The molecule has 0 N–H and O–H groups in total. The molecule has 45 heavy (non-hydrogen) atoms. The van der Waals surface area contributed by atoms with Crippen LogP contribution < -0.4 is 0 Å². The van der Waals surface area contributed by atoms with E-state index in [-0.39, 0.29) is 10.8 Å². The van der Waals surface area contributed by atoms with E-state index in [1.165, 1.54) is 16.7 Å². The van der Waals surface area contributed by atoms with E-state index >= 15 is 0 Å². The molecule has 3 aromatic carbocycles. The van der Waals surface area contributed by atoms with Crippen molar-refractivity contribution in [1.82, 2.24) is 29.5 Å². The van der Waals surface area contributed by atoms with Gasteiger partial charge in [-0.1, -0.05) is 102 Å².